The first-order chi connectivity index (χ1) is 8.45. The zero-order chi connectivity index (χ0) is 13.7. The van der Waals surface area contributed by atoms with E-state index in [1.54, 1.807) is 6.07 Å². The van der Waals surface area contributed by atoms with Gasteiger partial charge in [0.1, 0.15) is 11.8 Å². The van der Waals surface area contributed by atoms with E-state index in [2.05, 4.69) is 5.32 Å². The molecule has 0 bridgehead atoms. The topological polar surface area (TPSA) is 86.6 Å². The van der Waals surface area contributed by atoms with Gasteiger partial charge in [-0.3, -0.25) is 4.79 Å². The minimum absolute atomic E-state index is 0.0873. The molecule has 0 aliphatic heterocycles. The summed E-state index contributed by atoms with van der Waals surface area (Å²) in [6, 6.07) is 3.65. The maximum absolute atomic E-state index is 11.9. The van der Waals surface area contributed by atoms with E-state index in [1.807, 2.05) is 29.5 Å². The van der Waals surface area contributed by atoms with E-state index in [-0.39, 0.29) is 11.3 Å². The number of carboxylic acid groups (broad SMARTS) is 1. The predicted octanol–water partition coefficient (Wildman–Crippen LogP) is 1.98. The normalized spacial score (nSPS) is 11.9. The Morgan fingerprint density at radius 2 is 2.11 bits per heavy atom. The van der Waals surface area contributed by atoms with Crippen molar-refractivity contribution < 1.29 is 19.8 Å². The number of hydrogen-bond donors (Lipinski definition) is 3. The summed E-state index contributed by atoms with van der Waals surface area (Å²) < 4.78 is 0.790. The van der Waals surface area contributed by atoms with Gasteiger partial charge in [0.15, 0.2) is 0 Å². The van der Waals surface area contributed by atoms with Crippen LogP contribution in [0.15, 0.2) is 18.2 Å². The summed E-state index contributed by atoms with van der Waals surface area (Å²) in [5, 5.41) is 20.9. The Morgan fingerprint density at radius 1 is 1.44 bits per heavy atom. The fourth-order valence-corrected chi connectivity index (χ4v) is 1.96. The Kier molecular flexibility index (Phi) is 5.39. The van der Waals surface area contributed by atoms with Gasteiger partial charge in [-0.05, 0) is 47.2 Å². The van der Waals surface area contributed by atoms with E-state index in [1.165, 1.54) is 12.1 Å². The molecule has 1 aromatic rings. The number of carboxylic acids is 1. The number of nitrogens with one attached hydrogen (secondary N) is 1. The first kappa shape index (κ1) is 14.7. The van der Waals surface area contributed by atoms with Crippen LogP contribution in [0.5, 0.6) is 5.75 Å². The van der Waals surface area contributed by atoms with Gasteiger partial charge in [-0.2, -0.15) is 0 Å². The number of phenols is 1. The summed E-state index contributed by atoms with van der Waals surface area (Å²) in [6.07, 6.45) is 1.00. The molecule has 98 valence electrons. The standard InChI is InChI=1S/C12H14INO4/c1-2-3-9(12(17)18)14-11(16)8-6-7(13)4-5-10(8)15/h4-6,9,15H,2-3H2,1H3,(H,14,16)(H,17,18)/t9-/m0/s1. The lowest BCUT2D eigenvalue weighted by atomic mass is 10.1. The highest BCUT2D eigenvalue weighted by molar-refractivity contribution is 14.1. The average Bonchev–Trinajstić information content (AvgIpc) is 2.31. The van der Waals surface area contributed by atoms with Gasteiger partial charge in [-0.25, -0.2) is 4.79 Å². The van der Waals surface area contributed by atoms with Crippen molar-refractivity contribution in [3.63, 3.8) is 0 Å². The van der Waals surface area contributed by atoms with E-state index in [0.29, 0.717) is 12.8 Å². The molecule has 0 unspecified atom stereocenters. The summed E-state index contributed by atoms with van der Waals surface area (Å²) in [6.45, 7) is 1.84. The van der Waals surface area contributed by atoms with Crippen LogP contribution in [0.1, 0.15) is 30.1 Å². The molecule has 1 aromatic carbocycles. The first-order valence-corrected chi connectivity index (χ1v) is 6.55. The number of carbonyl (C=O) groups is 2. The molecule has 3 N–H and O–H groups in total. The number of benzene rings is 1. The van der Waals surface area contributed by atoms with E-state index in [9.17, 15) is 14.7 Å². The Hall–Kier alpha value is -1.31. The molecule has 0 heterocycles. The molecular weight excluding hydrogens is 349 g/mol. The van der Waals surface area contributed by atoms with E-state index < -0.39 is 17.9 Å². The Morgan fingerprint density at radius 3 is 2.67 bits per heavy atom. The highest BCUT2D eigenvalue weighted by atomic mass is 127. The zero-order valence-corrected chi connectivity index (χ0v) is 12.0. The van der Waals surface area contributed by atoms with Crippen molar-refractivity contribution in [3.8, 4) is 5.75 Å². The molecule has 0 radical (unpaired) electrons. The van der Waals surface area contributed by atoms with Crippen LogP contribution in [0.4, 0.5) is 0 Å². The van der Waals surface area contributed by atoms with Crippen LogP contribution in [-0.4, -0.2) is 28.1 Å². The second-order valence-electron chi connectivity index (χ2n) is 3.81. The van der Waals surface area contributed by atoms with Crippen LogP contribution >= 0.6 is 22.6 Å². The smallest absolute Gasteiger partial charge is 0.326 e. The molecule has 18 heavy (non-hydrogen) atoms. The number of rotatable bonds is 5. The molecule has 1 rings (SSSR count). The lowest BCUT2D eigenvalue weighted by Gasteiger charge is -2.14. The first-order valence-electron chi connectivity index (χ1n) is 5.48. The second-order valence-corrected chi connectivity index (χ2v) is 5.06. The Balaban J connectivity index is 2.86. The third-order valence-electron chi connectivity index (χ3n) is 2.38. The molecule has 0 spiro atoms. The van der Waals surface area contributed by atoms with E-state index in [4.69, 9.17) is 5.11 Å². The van der Waals surface area contributed by atoms with Crippen molar-refractivity contribution in [2.75, 3.05) is 0 Å². The van der Waals surface area contributed by atoms with Crippen molar-refractivity contribution >= 4 is 34.5 Å². The van der Waals surface area contributed by atoms with Gasteiger partial charge in [-0.15, -0.1) is 0 Å². The van der Waals surface area contributed by atoms with E-state index in [0.717, 1.165) is 3.57 Å². The number of hydrogen-bond acceptors (Lipinski definition) is 3. The van der Waals surface area contributed by atoms with Crippen molar-refractivity contribution in [1.29, 1.82) is 0 Å². The number of amides is 1. The minimum Gasteiger partial charge on any atom is -0.507 e. The fourth-order valence-electron chi connectivity index (χ4n) is 1.47. The molecule has 1 atom stereocenters. The third kappa shape index (κ3) is 3.86. The summed E-state index contributed by atoms with van der Waals surface area (Å²) in [7, 11) is 0. The van der Waals surface area contributed by atoms with Gasteiger partial charge in [0, 0.05) is 3.57 Å². The molecule has 6 heteroatoms. The molecule has 0 saturated heterocycles. The molecule has 0 aliphatic rings. The number of carbonyl (C=O) groups excluding carboxylic acids is 1. The molecule has 5 nitrogen and oxygen atoms in total. The van der Waals surface area contributed by atoms with Gasteiger partial charge < -0.3 is 15.5 Å². The van der Waals surface area contributed by atoms with Gasteiger partial charge >= 0.3 is 5.97 Å². The van der Waals surface area contributed by atoms with Crippen LogP contribution < -0.4 is 5.32 Å². The quantitative estimate of drug-likeness (QED) is 0.699. The third-order valence-corrected chi connectivity index (χ3v) is 3.05. The van der Waals surface area contributed by atoms with Crippen molar-refractivity contribution in [1.82, 2.24) is 5.32 Å². The zero-order valence-electron chi connectivity index (χ0n) is 9.81. The molecule has 1 amide bonds. The summed E-state index contributed by atoms with van der Waals surface area (Å²) in [5.74, 6) is -1.81. The maximum atomic E-state index is 11.9. The molecule has 0 fully saturated rings. The lowest BCUT2D eigenvalue weighted by molar-refractivity contribution is -0.139. The SMILES string of the molecule is CCC[C@H](NC(=O)c1cc(I)ccc1O)C(=O)O. The van der Waals surface area contributed by atoms with E-state index >= 15 is 0 Å². The Bertz CT molecular complexity index is 461. The molecule has 0 aliphatic carbocycles. The highest BCUT2D eigenvalue weighted by Crippen LogP contribution is 2.19. The number of aromatic hydroxyl groups is 1. The van der Waals surface area contributed by atoms with Crippen molar-refractivity contribution in [2.45, 2.75) is 25.8 Å². The summed E-state index contributed by atoms with van der Waals surface area (Å²) in [5.41, 5.74) is 0.0873. The highest BCUT2D eigenvalue weighted by Gasteiger charge is 2.21. The van der Waals surface area contributed by atoms with Crippen LogP contribution in [0.25, 0.3) is 0 Å². The molecule has 0 saturated carbocycles. The monoisotopic (exact) mass is 363 g/mol. The largest absolute Gasteiger partial charge is 0.507 e. The minimum atomic E-state index is -1.07. The van der Waals surface area contributed by atoms with Gasteiger partial charge in [0.2, 0.25) is 0 Å². The Labute approximate surface area is 118 Å². The lowest BCUT2D eigenvalue weighted by Crippen LogP contribution is -2.40. The van der Waals surface area contributed by atoms with Gasteiger partial charge in [-0.1, -0.05) is 13.3 Å². The summed E-state index contributed by atoms with van der Waals surface area (Å²) >= 11 is 2.01. The van der Waals surface area contributed by atoms with Gasteiger partial charge in [0.05, 0.1) is 5.56 Å². The van der Waals surface area contributed by atoms with Crippen LogP contribution in [0.2, 0.25) is 0 Å². The van der Waals surface area contributed by atoms with Crippen molar-refractivity contribution in [2.24, 2.45) is 0 Å². The number of halogens is 1. The summed E-state index contributed by atoms with van der Waals surface area (Å²) in [4.78, 5) is 22.8. The number of phenolic OH excluding ortho intramolecular Hbond substituents is 1. The van der Waals surface area contributed by atoms with Crippen molar-refractivity contribution in [3.05, 3.63) is 27.3 Å². The molecular formula is C12H14INO4. The predicted molar refractivity (Wildman–Crippen MR) is 74.6 cm³/mol. The molecule has 0 aromatic heterocycles. The van der Waals surface area contributed by atoms with Crippen LogP contribution in [-0.2, 0) is 4.79 Å². The second kappa shape index (κ2) is 6.58. The van der Waals surface area contributed by atoms with Crippen LogP contribution in [0, 0.1) is 3.57 Å². The average molecular weight is 363 g/mol. The van der Waals surface area contributed by atoms with Crippen LogP contribution in [0.3, 0.4) is 0 Å². The number of aliphatic carboxylic acids is 1. The van der Waals surface area contributed by atoms with Gasteiger partial charge in [0.25, 0.3) is 5.91 Å². The maximum Gasteiger partial charge on any atom is 0.326 e. The fraction of sp³-hybridized carbons (Fsp3) is 0.333.